The van der Waals surface area contributed by atoms with Crippen molar-refractivity contribution in [1.29, 1.82) is 0 Å². The Bertz CT molecular complexity index is 1240. The Labute approximate surface area is 146 Å². The van der Waals surface area contributed by atoms with Gasteiger partial charge in [-0.2, -0.15) is 0 Å². The Hall–Kier alpha value is -2.81. The van der Waals surface area contributed by atoms with E-state index in [1.54, 1.807) is 0 Å². The third-order valence-electron chi connectivity index (χ3n) is 5.44. The third kappa shape index (κ3) is 1.89. The van der Waals surface area contributed by atoms with Crippen molar-refractivity contribution in [3.63, 3.8) is 0 Å². The van der Waals surface area contributed by atoms with Gasteiger partial charge in [-0.25, -0.2) is 0 Å². The molecule has 25 heavy (non-hydrogen) atoms. The van der Waals surface area contributed by atoms with Crippen molar-refractivity contribution in [2.45, 2.75) is 26.3 Å². The van der Waals surface area contributed by atoms with Crippen molar-refractivity contribution < 1.29 is 0 Å². The first-order valence-corrected chi connectivity index (χ1v) is 9.03. The number of hydrogen-bond acceptors (Lipinski definition) is 1. The van der Waals surface area contributed by atoms with Crippen LogP contribution in [0.1, 0.15) is 19.8 Å². The molecule has 3 heterocycles. The van der Waals surface area contributed by atoms with Crippen LogP contribution in [0, 0.1) is 0 Å². The van der Waals surface area contributed by atoms with E-state index >= 15 is 0 Å². The van der Waals surface area contributed by atoms with Crippen molar-refractivity contribution >= 4 is 43.6 Å². The summed E-state index contributed by atoms with van der Waals surface area (Å²) < 4.78 is 4.80. The molecular weight excluding hydrogens is 306 g/mol. The highest BCUT2D eigenvalue weighted by molar-refractivity contribution is 6.24. The summed E-state index contributed by atoms with van der Waals surface area (Å²) >= 11 is 0. The van der Waals surface area contributed by atoms with Gasteiger partial charge in [-0.05, 0) is 24.6 Å². The second-order valence-corrected chi connectivity index (χ2v) is 6.83. The van der Waals surface area contributed by atoms with Crippen molar-refractivity contribution in [3.8, 4) is 0 Å². The van der Waals surface area contributed by atoms with Crippen LogP contribution in [0.4, 0.5) is 0 Å². The average molecular weight is 327 g/mol. The summed E-state index contributed by atoms with van der Waals surface area (Å²) in [5.41, 5.74) is 5.20. The summed E-state index contributed by atoms with van der Waals surface area (Å²) in [6.07, 6.45) is 6.28. The van der Waals surface area contributed by atoms with Gasteiger partial charge < -0.3 is 9.13 Å². The van der Waals surface area contributed by atoms with Crippen LogP contribution in [-0.2, 0) is 13.6 Å². The number of unbranched alkanes of at least 4 members (excludes halogenated alkanes) is 1. The highest BCUT2D eigenvalue weighted by atomic mass is 15.0. The van der Waals surface area contributed by atoms with Crippen LogP contribution in [0.2, 0.25) is 0 Å². The van der Waals surface area contributed by atoms with E-state index in [9.17, 15) is 0 Å². The molecule has 0 radical (unpaired) electrons. The van der Waals surface area contributed by atoms with Crippen LogP contribution in [0.5, 0.6) is 0 Å². The molecule has 5 aromatic rings. The van der Waals surface area contributed by atoms with Gasteiger partial charge in [0.25, 0.3) is 0 Å². The Kier molecular flexibility index (Phi) is 3.11. The summed E-state index contributed by atoms with van der Waals surface area (Å²) in [5.74, 6) is 0. The summed E-state index contributed by atoms with van der Waals surface area (Å²) in [6.45, 7) is 3.31. The van der Waals surface area contributed by atoms with Gasteiger partial charge >= 0.3 is 0 Å². The zero-order valence-electron chi connectivity index (χ0n) is 14.7. The second-order valence-electron chi connectivity index (χ2n) is 6.83. The molecule has 0 unspecified atom stereocenters. The van der Waals surface area contributed by atoms with E-state index < -0.39 is 0 Å². The number of aromatic nitrogens is 3. The van der Waals surface area contributed by atoms with E-state index in [0.717, 1.165) is 6.54 Å². The first-order chi connectivity index (χ1) is 12.3. The third-order valence-corrected chi connectivity index (χ3v) is 5.44. The summed E-state index contributed by atoms with van der Waals surface area (Å²) in [7, 11) is 2.15. The normalized spacial score (nSPS) is 12.1. The molecule has 0 saturated carbocycles. The molecule has 0 aliphatic heterocycles. The Morgan fingerprint density at radius 1 is 0.880 bits per heavy atom. The summed E-state index contributed by atoms with van der Waals surface area (Å²) in [6, 6.07) is 15.4. The minimum Gasteiger partial charge on any atom is -0.343 e. The molecule has 2 aromatic carbocycles. The maximum Gasteiger partial charge on any atom is 0.0593 e. The summed E-state index contributed by atoms with van der Waals surface area (Å²) in [5, 5.41) is 5.26. The quantitative estimate of drug-likeness (QED) is 0.421. The van der Waals surface area contributed by atoms with Gasteiger partial charge in [-0.15, -0.1) is 0 Å². The molecule has 3 aromatic heterocycles. The van der Waals surface area contributed by atoms with Gasteiger partial charge in [-0.3, -0.25) is 4.98 Å². The molecule has 3 nitrogen and oxygen atoms in total. The van der Waals surface area contributed by atoms with Gasteiger partial charge in [0.05, 0.1) is 16.6 Å². The van der Waals surface area contributed by atoms with Gasteiger partial charge in [0, 0.05) is 53.0 Å². The molecule has 0 amide bonds. The topological polar surface area (TPSA) is 22.8 Å². The van der Waals surface area contributed by atoms with Gasteiger partial charge in [0.2, 0.25) is 0 Å². The number of rotatable bonds is 3. The lowest BCUT2D eigenvalue weighted by atomic mass is 10.1. The standard InChI is InChI=1S/C22H21N3/c1-3-4-13-25-19-8-6-5-7-15(19)16-9-10-20-21(22(16)25)17-14-23-12-11-18(17)24(20)2/h5-12,14H,3-4,13H2,1-2H3. The van der Waals surface area contributed by atoms with Gasteiger partial charge in [0.15, 0.2) is 0 Å². The maximum absolute atomic E-state index is 4.41. The molecule has 0 fully saturated rings. The van der Waals surface area contributed by atoms with Crippen LogP contribution in [0.15, 0.2) is 54.9 Å². The minimum atomic E-state index is 1.05. The van der Waals surface area contributed by atoms with E-state index in [1.165, 1.54) is 56.5 Å². The molecule has 0 atom stereocenters. The maximum atomic E-state index is 4.41. The minimum absolute atomic E-state index is 1.05. The zero-order valence-corrected chi connectivity index (χ0v) is 14.7. The largest absolute Gasteiger partial charge is 0.343 e. The van der Waals surface area contributed by atoms with Crippen LogP contribution in [-0.4, -0.2) is 14.1 Å². The monoisotopic (exact) mass is 327 g/mol. The number of nitrogens with zero attached hydrogens (tertiary/aromatic N) is 3. The Balaban J connectivity index is 2.06. The molecule has 0 aliphatic carbocycles. The van der Waals surface area contributed by atoms with Crippen molar-refractivity contribution in [2.24, 2.45) is 7.05 Å². The number of para-hydroxylation sites is 1. The zero-order chi connectivity index (χ0) is 17.0. The fourth-order valence-corrected chi connectivity index (χ4v) is 4.23. The fourth-order valence-electron chi connectivity index (χ4n) is 4.23. The summed E-state index contributed by atoms with van der Waals surface area (Å²) in [4.78, 5) is 4.41. The van der Waals surface area contributed by atoms with Crippen molar-refractivity contribution in [1.82, 2.24) is 14.1 Å². The number of hydrogen-bond donors (Lipinski definition) is 0. The van der Waals surface area contributed by atoms with E-state index in [1.807, 2.05) is 12.4 Å². The lowest BCUT2D eigenvalue weighted by Gasteiger charge is -2.08. The number of pyridine rings is 1. The predicted molar refractivity (Wildman–Crippen MR) is 106 cm³/mol. The molecule has 124 valence electrons. The predicted octanol–water partition coefficient (Wildman–Crippen LogP) is 5.63. The van der Waals surface area contributed by atoms with E-state index in [2.05, 4.69) is 70.6 Å². The van der Waals surface area contributed by atoms with Crippen LogP contribution in [0.3, 0.4) is 0 Å². The first kappa shape index (κ1) is 14.5. The average Bonchev–Trinajstić information content (AvgIpc) is 3.13. The molecule has 0 spiro atoms. The van der Waals surface area contributed by atoms with E-state index in [-0.39, 0.29) is 0 Å². The lowest BCUT2D eigenvalue weighted by molar-refractivity contribution is 0.666. The SMILES string of the molecule is CCCCn1c2ccccc2c2ccc3c(c4cnccc4n3C)c21. The van der Waals surface area contributed by atoms with Crippen LogP contribution in [0.25, 0.3) is 43.6 Å². The van der Waals surface area contributed by atoms with Crippen molar-refractivity contribution in [2.75, 3.05) is 0 Å². The van der Waals surface area contributed by atoms with Crippen LogP contribution < -0.4 is 0 Å². The number of aryl methyl sites for hydroxylation is 2. The molecule has 0 bridgehead atoms. The van der Waals surface area contributed by atoms with Crippen molar-refractivity contribution in [3.05, 3.63) is 54.9 Å². The molecule has 0 aliphatic rings. The fraction of sp³-hybridized carbons (Fsp3) is 0.227. The smallest absolute Gasteiger partial charge is 0.0593 e. The Morgan fingerprint density at radius 3 is 2.64 bits per heavy atom. The molecule has 0 saturated heterocycles. The second kappa shape index (κ2) is 5.35. The lowest BCUT2D eigenvalue weighted by Crippen LogP contribution is -1.97. The Morgan fingerprint density at radius 2 is 1.76 bits per heavy atom. The highest BCUT2D eigenvalue weighted by Gasteiger charge is 2.17. The van der Waals surface area contributed by atoms with Gasteiger partial charge in [-0.1, -0.05) is 37.6 Å². The van der Waals surface area contributed by atoms with Gasteiger partial charge in [0.1, 0.15) is 0 Å². The molecular formula is C22H21N3. The van der Waals surface area contributed by atoms with E-state index in [4.69, 9.17) is 0 Å². The van der Waals surface area contributed by atoms with E-state index in [0.29, 0.717) is 0 Å². The molecule has 3 heteroatoms. The highest BCUT2D eigenvalue weighted by Crippen LogP contribution is 2.38. The molecule has 5 rings (SSSR count). The number of fused-ring (bicyclic) bond motifs is 7. The first-order valence-electron chi connectivity index (χ1n) is 9.03. The van der Waals surface area contributed by atoms with Crippen LogP contribution >= 0.6 is 0 Å². The molecule has 0 N–H and O–H groups in total. The number of benzene rings is 2.